The average Bonchev–Trinajstić information content (AvgIpc) is 1.90. The number of hydrogen-bond donors (Lipinski definition) is 0. The van der Waals surface area contributed by atoms with Crippen molar-refractivity contribution in [1.82, 2.24) is 0 Å². The third-order valence-corrected chi connectivity index (χ3v) is 0.992. The van der Waals surface area contributed by atoms with Crippen LogP contribution in [0.15, 0.2) is 30.3 Å². The Labute approximate surface area is 107 Å². The minimum Gasteiger partial charge on any atom is -1.00 e. The molecule has 0 nitrogen and oxygen atoms in total. The molecule has 0 unspecified atom stereocenters. The Hall–Kier alpha value is 0.790. The largest absolute Gasteiger partial charge is 1.00 e. The summed E-state index contributed by atoms with van der Waals surface area (Å²) in [6.07, 6.45) is 1.58. The Balaban J connectivity index is -0.000000213. The zero-order valence-electron chi connectivity index (χ0n) is 5.87. The van der Waals surface area contributed by atoms with Gasteiger partial charge >= 0.3 is 0 Å². The van der Waals surface area contributed by atoms with Gasteiger partial charge in [0.2, 0.25) is 0 Å². The summed E-state index contributed by atoms with van der Waals surface area (Å²) in [5, 5.41) is 0. The van der Waals surface area contributed by atoms with Gasteiger partial charge in [0.15, 0.2) is 0 Å². The van der Waals surface area contributed by atoms with E-state index in [4.69, 9.17) is 6.58 Å². The summed E-state index contributed by atoms with van der Waals surface area (Å²) in [5.41, 5.74) is 1.06. The Bertz CT molecular complexity index is 175. The van der Waals surface area contributed by atoms with E-state index < -0.39 is 0 Å². The molecule has 0 spiro atoms. The van der Waals surface area contributed by atoms with Crippen LogP contribution in [-0.4, -0.2) is 25.8 Å². The van der Waals surface area contributed by atoms with E-state index >= 15 is 0 Å². The van der Waals surface area contributed by atoms with Gasteiger partial charge in [0, 0.05) is 25.8 Å². The van der Waals surface area contributed by atoms with Crippen molar-refractivity contribution in [2.45, 2.75) is 0 Å². The number of hydrogen-bond acceptors (Lipinski definition) is 0. The van der Waals surface area contributed by atoms with Crippen molar-refractivity contribution < 1.29 is 34.0 Å². The third-order valence-electron chi connectivity index (χ3n) is 0.992. The van der Waals surface area contributed by atoms with Gasteiger partial charge in [-0.1, -0.05) is 43.0 Å². The van der Waals surface area contributed by atoms with Crippen molar-refractivity contribution >= 4 is 31.9 Å². The van der Waals surface area contributed by atoms with Crippen LogP contribution in [0.4, 0.5) is 0 Å². The first-order valence-corrected chi connectivity index (χ1v) is 2.53. The van der Waals surface area contributed by atoms with Gasteiger partial charge in [0.05, 0.1) is 0 Å². The second-order valence-corrected chi connectivity index (χ2v) is 1.58. The Kier molecular flexibility index (Phi) is 17.4. The van der Waals surface area contributed by atoms with Crippen molar-refractivity contribution in [3.63, 3.8) is 0 Å². The molecule has 0 aliphatic rings. The molecule has 1 aromatic rings. The van der Waals surface area contributed by atoms with Gasteiger partial charge in [-0.25, -0.2) is 0 Å². The van der Waals surface area contributed by atoms with Crippen LogP contribution >= 0.6 is 0 Å². The minimum absolute atomic E-state index is 0. The molecule has 0 N–H and O–H groups in total. The summed E-state index contributed by atoms with van der Waals surface area (Å²) in [6, 6.07) is 9.80. The van der Waals surface area contributed by atoms with E-state index in [1.54, 1.807) is 6.08 Å². The van der Waals surface area contributed by atoms with E-state index in [2.05, 4.69) is 0 Å². The summed E-state index contributed by atoms with van der Waals surface area (Å²) in [7, 11) is 0. The van der Waals surface area contributed by atoms with E-state index in [0.29, 0.717) is 0 Å². The van der Waals surface area contributed by atoms with Crippen LogP contribution in [0.2, 0.25) is 0 Å². The molecule has 1 rings (SSSR count). The van der Waals surface area contributed by atoms with Gasteiger partial charge in [0.25, 0.3) is 0 Å². The maximum Gasteiger partial charge on any atom is 0 e. The fraction of sp³-hybridized carbons (Fsp3) is 0. The van der Waals surface area contributed by atoms with Gasteiger partial charge in [0.1, 0.15) is 0 Å². The second-order valence-electron chi connectivity index (χ2n) is 1.58. The van der Waals surface area contributed by atoms with E-state index in [1.807, 2.05) is 30.3 Å². The van der Waals surface area contributed by atoms with Crippen molar-refractivity contribution in [3.05, 3.63) is 42.5 Å². The Morgan fingerprint density at radius 3 is 1.73 bits per heavy atom. The molecule has 4 radical (unpaired) electrons. The zero-order valence-corrected chi connectivity index (χ0v) is 12.3. The predicted molar refractivity (Wildman–Crippen MR) is 41.0 cm³/mol. The van der Waals surface area contributed by atoms with Gasteiger partial charge in [-0.05, 0) is 5.56 Å². The Morgan fingerprint density at radius 2 is 1.45 bits per heavy atom. The van der Waals surface area contributed by atoms with E-state index in [1.165, 1.54) is 0 Å². The maximum absolute atomic E-state index is 5.22. The number of rotatable bonds is 1. The molecule has 0 aromatic heterocycles. The molecule has 0 saturated carbocycles. The minimum atomic E-state index is 0. The van der Waals surface area contributed by atoms with E-state index in [0.717, 1.165) is 5.56 Å². The van der Waals surface area contributed by atoms with Gasteiger partial charge in [-0.3, -0.25) is 0 Å². The fourth-order valence-corrected chi connectivity index (χ4v) is 0.564. The second kappa shape index (κ2) is 10.8. The molecule has 3 heteroatoms. The average molecular weight is 378 g/mol. The van der Waals surface area contributed by atoms with Gasteiger partial charge < -0.3 is 34.0 Å². The quantitative estimate of drug-likeness (QED) is 0.465. The van der Waals surface area contributed by atoms with Crippen LogP contribution in [0.1, 0.15) is 5.56 Å². The fourth-order valence-electron chi connectivity index (χ4n) is 0.564. The molecule has 0 amide bonds. The first kappa shape index (κ1) is 17.8. The van der Waals surface area contributed by atoms with Crippen molar-refractivity contribution in [3.8, 4) is 0 Å². The Morgan fingerprint density at radius 1 is 1.00 bits per heavy atom. The number of halogens is 2. The zero-order chi connectivity index (χ0) is 5.82. The van der Waals surface area contributed by atoms with Gasteiger partial charge in [-0.15, -0.1) is 0 Å². The molecule has 0 fully saturated rings. The van der Waals surface area contributed by atoms with Gasteiger partial charge in [-0.2, -0.15) is 0 Å². The summed E-state index contributed by atoms with van der Waals surface area (Å²) >= 11 is 0. The molecule has 0 aliphatic carbocycles. The summed E-state index contributed by atoms with van der Waals surface area (Å²) in [4.78, 5) is 0. The maximum atomic E-state index is 5.22. The summed E-state index contributed by atoms with van der Waals surface area (Å²) < 4.78 is 0. The molecular formula is C8H7Br2In-2. The summed E-state index contributed by atoms with van der Waals surface area (Å²) in [6.45, 7) is 5.22. The first-order chi connectivity index (χ1) is 3.93. The van der Waals surface area contributed by atoms with Crippen LogP contribution in [0.25, 0.3) is 6.08 Å². The topological polar surface area (TPSA) is 0 Å². The van der Waals surface area contributed by atoms with Crippen LogP contribution in [0.5, 0.6) is 0 Å². The van der Waals surface area contributed by atoms with Crippen molar-refractivity contribution in [2.75, 3.05) is 0 Å². The number of benzene rings is 1. The van der Waals surface area contributed by atoms with Crippen molar-refractivity contribution in [2.24, 2.45) is 0 Å². The van der Waals surface area contributed by atoms with Crippen LogP contribution in [-0.2, 0) is 0 Å². The summed E-state index contributed by atoms with van der Waals surface area (Å²) in [5.74, 6) is 0. The molecular weight excluding hydrogens is 371 g/mol. The molecule has 1 aromatic carbocycles. The molecule has 0 bridgehead atoms. The molecule has 0 saturated heterocycles. The molecule has 11 heavy (non-hydrogen) atoms. The van der Waals surface area contributed by atoms with E-state index in [-0.39, 0.29) is 59.8 Å². The van der Waals surface area contributed by atoms with Crippen LogP contribution < -0.4 is 34.0 Å². The monoisotopic (exact) mass is 376 g/mol. The standard InChI is InChI=1S/C8H7.2BrH.In/c1-2-8-6-4-3-5-7-8;;;/h1-7H;2*1H;/p-2. The van der Waals surface area contributed by atoms with E-state index in [9.17, 15) is 0 Å². The smallest absolute Gasteiger partial charge is 0 e. The molecule has 0 aliphatic heterocycles. The molecule has 0 heterocycles. The first-order valence-electron chi connectivity index (χ1n) is 2.53. The van der Waals surface area contributed by atoms with Crippen LogP contribution in [0, 0.1) is 6.58 Å². The molecule has 0 atom stereocenters. The SMILES string of the molecule is [Br-].[Br-].[CH]=Cc1ccccc1.[In]. The third kappa shape index (κ3) is 7.16. The van der Waals surface area contributed by atoms with Crippen LogP contribution in [0.3, 0.4) is 0 Å². The molecule has 58 valence electrons. The normalized spacial score (nSPS) is 6.18. The van der Waals surface area contributed by atoms with Crippen molar-refractivity contribution in [1.29, 1.82) is 0 Å². The predicted octanol–water partition coefficient (Wildman–Crippen LogP) is -4.24.